The Morgan fingerprint density at radius 2 is 2.24 bits per heavy atom. The second kappa shape index (κ2) is 5.89. The molecule has 1 aliphatic rings. The smallest absolute Gasteiger partial charge is 0.185 e. The summed E-state index contributed by atoms with van der Waals surface area (Å²) in [5, 5.41) is 12.6. The van der Waals surface area contributed by atoms with Gasteiger partial charge in [-0.1, -0.05) is 0 Å². The van der Waals surface area contributed by atoms with Gasteiger partial charge < -0.3 is 9.88 Å². The van der Waals surface area contributed by atoms with Crippen molar-refractivity contribution < 1.29 is 0 Å². The standard InChI is InChI=1S/C17H15N7S/c1-3-11-12(9-20-15(11)18-5-1)16-22-14(10-21-23-16)24-7-2-4-13(24)17-19-6-8-25-17/h1,3,5-6,8-10,13H,2,4,7H2,(H,18,20). The zero-order valence-electron chi connectivity index (χ0n) is 13.3. The minimum absolute atomic E-state index is 0.272. The fourth-order valence-corrected chi connectivity index (χ4v) is 4.17. The Balaban J connectivity index is 1.55. The Bertz CT molecular complexity index is 1010. The Kier molecular flexibility index (Phi) is 3.41. The van der Waals surface area contributed by atoms with Crippen molar-refractivity contribution >= 4 is 28.2 Å². The number of H-pyrrole nitrogens is 1. The number of thiazole rings is 1. The van der Waals surface area contributed by atoms with E-state index in [0.29, 0.717) is 5.82 Å². The molecular formula is C17H15N7S. The van der Waals surface area contributed by atoms with Crippen molar-refractivity contribution in [3.63, 3.8) is 0 Å². The molecule has 1 N–H and O–H groups in total. The summed E-state index contributed by atoms with van der Waals surface area (Å²) >= 11 is 1.69. The number of rotatable bonds is 3. The van der Waals surface area contributed by atoms with Gasteiger partial charge in [-0.25, -0.2) is 15.0 Å². The highest BCUT2D eigenvalue weighted by Crippen LogP contribution is 2.36. The Hall–Kier alpha value is -2.87. The molecule has 1 aliphatic heterocycles. The first-order chi connectivity index (χ1) is 12.4. The molecule has 0 aromatic carbocycles. The topological polar surface area (TPSA) is 83.5 Å². The van der Waals surface area contributed by atoms with Gasteiger partial charge in [0.05, 0.1) is 12.2 Å². The number of nitrogens with one attached hydrogen (secondary N) is 1. The van der Waals surface area contributed by atoms with Crippen LogP contribution in [0, 0.1) is 0 Å². The molecule has 1 saturated heterocycles. The average Bonchev–Trinajstić information content (AvgIpc) is 3.40. The van der Waals surface area contributed by atoms with Gasteiger partial charge in [0.25, 0.3) is 0 Å². The lowest BCUT2D eigenvalue weighted by Crippen LogP contribution is -2.24. The molecule has 124 valence electrons. The molecule has 0 aliphatic carbocycles. The molecule has 1 fully saturated rings. The molecule has 0 saturated carbocycles. The summed E-state index contributed by atoms with van der Waals surface area (Å²) in [5.41, 5.74) is 1.75. The number of nitrogens with zero attached hydrogens (tertiary/aromatic N) is 6. The van der Waals surface area contributed by atoms with Crippen molar-refractivity contribution in [3.8, 4) is 11.4 Å². The lowest BCUT2D eigenvalue weighted by Gasteiger charge is -2.23. The van der Waals surface area contributed by atoms with Crippen molar-refractivity contribution in [1.29, 1.82) is 0 Å². The molecule has 8 heteroatoms. The van der Waals surface area contributed by atoms with Crippen molar-refractivity contribution in [1.82, 2.24) is 30.1 Å². The number of hydrogen-bond donors (Lipinski definition) is 1. The predicted octanol–water partition coefficient (Wildman–Crippen LogP) is 3.21. The highest BCUT2D eigenvalue weighted by molar-refractivity contribution is 7.09. The van der Waals surface area contributed by atoms with Gasteiger partial charge >= 0.3 is 0 Å². The SMILES string of the molecule is c1cnc2[nH]cc(-c3nncc(N4CCCC4c4nccs4)n3)c2c1. The molecule has 4 aromatic rings. The van der Waals surface area contributed by atoms with E-state index in [-0.39, 0.29) is 6.04 Å². The third-order valence-corrected chi connectivity index (χ3v) is 5.40. The number of fused-ring (bicyclic) bond motifs is 1. The quantitative estimate of drug-likeness (QED) is 0.611. The maximum Gasteiger partial charge on any atom is 0.185 e. The van der Waals surface area contributed by atoms with E-state index >= 15 is 0 Å². The van der Waals surface area contributed by atoms with Crippen molar-refractivity contribution in [2.75, 3.05) is 11.4 Å². The lowest BCUT2D eigenvalue weighted by molar-refractivity contribution is 0.701. The Morgan fingerprint density at radius 3 is 3.16 bits per heavy atom. The zero-order valence-corrected chi connectivity index (χ0v) is 14.1. The van der Waals surface area contributed by atoms with Crippen LogP contribution < -0.4 is 4.90 Å². The van der Waals surface area contributed by atoms with Crippen LogP contribution in [-0.4, -0.2) is 36.7 Å². The zero-order chi connectivity index (χ0) is 16.6. The molecule has 0 spiro atoms. The van der Waals surface area contributed by atoms with Gasteiger partial charge in [-0.2, -0.15) is 5.10 Å². The molecule has 5 heterocycles. The fourth-order valence-electron chi connectivity index (χ4n) is 3.39. The molecule has 5 rings (SSSR count). The maximum absolute atomic E-state index is 4.79. The molecular weight excluding hydrogens is 334 g/mol. The normalized spacial score (nSPS) is 17.4. The van der Waals surface area contributed by atoms with E-state index in [2.05, 4.69) is 30.0 Å². The van der Waals surface area contributed by atoms with Crippen LogP contribution >= 0.6 is 11.3 Å². The second-order valence-electron chi connectivity index (χ2n) is 5.96. The third-order valence-electron chi connectivity index (χ3n) is 4.52. The minimum Gasteiger partial charge on any atom is -0.346 e. The van der Waals surface area contributed by atoms with E-state index in [1.165, 1.54) is 0 Å². The van der Waals surface area contributed by atoms with E-state index < -0.39 is 0 Å². The number of aromatic nitrogens is 6. The molecule has 4 aromatic heterocycles. The summed E-state index contributed by atoms with van der Waals surface area (Å²) in [6.07, 6.45) is 9.47. The van der Waals surface area contributed by atoms with Gasteiger partial charge in [0.15, 0.2) is 11.6 Å². The van der Waals surface area contributed by atoms with Crippen LogP contribution in [0.1, 0.15) is 23.9 Å². The van der Waals surface area contributed by atoms with Gasteiger partial charge in [-0.3, -0.25) is 0 Å². The molecule has 1 unspecified atom stereocenters. The molecule has 0 radical (unpaired) electrons. The molecule has 0 bridgehead atoms. The molecule has 7 nitrogen and oxygen atoms in total. The van der Waals surface area contributed by atoms with Crippen LogP contribution in [0.25, 0.3) is 22.4 Å². The van der Waals surface area contributed by atoms with Crippen LogP contribution in [0.15, 0.2) is 42.3 Å². The second-order valence-corrected chi connectivity index (χ2v) is 6.89. The number of aromatic amines is 1. The monoisotopic (exact) mass is 349 g/mol. The van der Waals surface area contributed by atoms with E-state index in [0.717, 1.165) is 46.8 Å². The summed E-state index contributed by atoms with van der Waals surface area (Å²) in [6, 6.07) is 4.20. The van der Waals surface area contributed by atoms with Gasteiger partial charge in [0, 0.05) is 41.5 Å². The number of anilines is 1. The van der Waals surface area contributed by atoms with Crippen molar-refractivity contribution in [2.24, 2.45) is 0 Å². The van der Waals surface area contributed by atoms with Gasteiger partial charge in [-0.15, -0.1) is 16.4 Å². The van der Waals surface area contributed by atoms with Gasteiger partial charge in [0.1, 0.15) is 10.7 Å². The highest BCUT2D eigenvalue weighted by Gasteiger charge is 2.29. The highest BCUT2D eigenvalue weighted by atomic mass is 32.1. The van der Waals surface area contributed by atoms with Gasteiger partial charge in [-0.05, 0) is 25.0 Å². The van der Waals surface area contributed by atoms with Gasteiger partial charge in [0.2, 0.25) is 0 Å². The maximum atomic E-state index is 4.79. The number of pyridine rings is 1. The minimum atomic E-state index is 0.272. The van der Waals surface area contributed by atoms with E-state index in [1.54, 1.807) is 23.7 Å². The summed E-state index contributed by atoms with van der Waals surface area (Å²) in [5.74, 6) is 1.46. The molecule has 1 atom stereocenters. The van der Waals surface area contributed by atoms with E-state index in [9.17, 15) is 0 Å². The summed E-state index contributed by atoms with van der Waals surface area (Å²) in [7, 11) is 0. The molecule has 25 heavy (non-hydrogen) atoms. The predicted molar refractivity (Wildman–Crippen MR) is 96.3 cm³/mol. The first kappa shape index (κ1) is 14.5. The third kappa shape index (κ3) is 2.45. The van der Waals surface area contributed by atoms with E-state index in [1.807, 2.05) is 29.9 Å². The van der Waals surface area contributed by atoms with Crippen molar-refractivity contribution in [2.45, 2.75) is 18.9 Å². The first-order valence-corrected chi connectivity index (χ1v) is 9.06. The average molecular weight is 349 g/mol. The summed E-state index contributed by atoms with van der Waals surface area (Å²) in [6.45, 7) is 0.956. The summed E-state index contributed by atoms with van der Waals surface area (Å²) in [4.78, 5) is 19.0. The summed E-state index contributed by atoms with van der Waals surface area (Å²) < 4.78 is 0. The Morgan fingerprint density at radius 1 is 1.24 bits per heavy atom. The first-order valence-electron chi connectivity index (χ1n) is 8.18. The fraction of sp³-hybridized carbons (Fsp3) is 0.235. The lowest BCUT2D eigenvalue weighted by atomic mass is 10.2. The van der Waals surface area contributed by atoms with Crippen LogP contribution in [0.3, 0.4) is 0 Å². The molecule has 0 amide bonds. The van der Waals surface area contributed by atoms with E-state index in [4.69, 9.17) is 4.98 Å². The van der Waals surface area contributed by atoms with Crippen molar-refractivity contribution in [3.05, 3.63) is 47.3 Å². The van der Waals surface area contributed by atoms with Crippen LogP contribution in [-0.2, 0) is 0 Å². The Labute approximate surface area is 147 Å². The largest absolute Gasteiger partial charge is 0.346 e. The van der Waals surface area contributed by atoms with Crippen LogP contribution in [0.5, 0.6) is 0 Å². The van der Waals surface area contributed by atoms with Crippen LogP contribution in [0.4, 0.5) is 5.82 Å². The number of hydrogen-bond acceptors (Lipinski definition) is 7. The van der Waals surface area contributed by atoms with Crippen LogP contribution in [0.2, 0.25) is 0 Å².